The fourth-order valence-corrected chi connectivity index (χ4v) is 3.70. The summed E-state index contributed by atoms with van der Waals surface area (Å²) in [7, 11) is 1.47. The highest BCUT2D eigenvalue weighted by atomic mass is 32.1. The van der Waals surface area contributed by atoms with Crippen LogP contribution in [0.3, 0.4) is 0 Å². The molecule has 1 fully saturated rings. The fourth-order valence-electron chi connectivity index (χ4n) is 2.88. The van der Waals surface area contributed by atoms with Gasteiger partial charge in [-0.3, -0.25) is 9.78 Å². The number of fused-ring (bicyclic) bond motifs is 1. The van der Waals surface area contributed by atoms with Gasteiger partial charge in [0.05, 0.1) is 23.4 Å². The summed E-state index contributed by atoms with van der Waals surface area (Å²) in [5, 5.41) is 1.22. The van der Waals surface area contributed by atoms with Crippen LogP contribution >= 0.6 is 11.5 Å². The summed E-state index contributed by atoms with van der Waals surface area (Å²) in [4.78, 5) is 15.7. The highest BCUT2D eigenvalue weighted by Gasteiger charge is 2.29. The van der Waals surface area contributed by atoms with E-state index in [9.17, 15) is 4.79 Å². The van der Waals surface area contributed by atoms with Crippen molar-refractivity contribution in [3.05, 3.63) is 24.2 Å². The van der Waals surface area contributed by atoms with Crippen molar-refractivity contribution in [2.75, 3.05) is 7.11 Å². The molecule has 0 unspecified atom stereocenters. The normalized spacial score (nSPS) is 23.4. The quantitative estimate of drug-likeness (QED) is 0.791. The molecule has 5 heteroatoms. The van der Waals surface area contributed by atoms with Gasteiger partial charge in [0, 0.05) is 23.7 Å². The van der Waals surface area contributed by atoms with E-state index >= 15 is 0 Å². The lowest BCUT2D eigenvalue weighted by Crippen LogP contribution is -2.22. The van der Waals surface area contributed by atoms with Gasteiger partial charge >= 0.3 is 5.97 Å². The first-order valence-electron chi connectivity index (χ1n) is 6.56. The summed E-state index contributed by atoms with van der Waals surface area (Å²) in [6.07, 6.45) is 7.53. The Morgan fingerprint density at radius 3 is 2.89 bits per heavy atom. The molecule has 1 aliphatic carbocycles. The number of pyridine rings is 1. The minimum Gasteiger partial charge on any atom is -0.469 e. The molecule has 0 aliphatic heterocycles. The Morgan fingerprint density at radius 1 is 1.37 bits per heavy atom. The van der Waals surface area contributed by atoms with Crippen LogP contribution < -0.4 is 0 Å². The predicted molar refractivity (Wildman–Crippen MR) is 74.1 cm³/mol. The molecule has 0 aromatic carbocycles. The largest absolute Gasteiger partial charge is 0.469 e. The van der Waals surface area contributed by atoms with Gasteiger partial charge in [0.15, 0.2) is 0 Å². The maximum atomic E-state index is 11.5. The lowest BCUT2D eigenvalue weighted by molar-refractivity contribution is -0.146. The molecule has 0 N–H and O–H groups in total. The molecule has 0 bridgehead atoms. The average Bonchev–Trinajstić information content (AvgIpc) is 2.90. The van der Waals surface area contributed by atoms with Gasteiger partial charge in [-0.05, 0) is 43.3 Å². The summed E-state index contributed by atoms with van der Waals surface area (Å²) < 4.78 is 10.6. The monoisotopic (exact) mass is 276 g/mol. The zero-order chi connectivity index (χ0) is 13.2. The lowest BCUT2D eigenvalue weighted by atomic mass is 9.80. The Labute approximate surface area is 116 Å². The maximum absolute atomic E-state index is 11.5. The van der Waals surface area contributed by atoms with E-state index in [4.69, 9.17) is 4.74 Å². The Morgan fingerprint density at radius 2 is 2.16 bits per heavy atom. The molecule has 2 heterocycles. The molecule has 4 nitrogen and oxygen atoms in total. The number of ether oxygens (including phenoxy) is 1. The summed E-state index contributed by atoms with van der Waals surface area (Å²) in [5.74, 6) is 0.482. The SMILES string of the molecule is COC(=O)C1CCC(c2nsc3cnccc23)CC1. The first-order chi connectivity index (χ1) is 9.29. The summed E-state index contributed by atoms with van der Waals surface area (Å²) in [6, 6.07) is 2.04. The molecule has 19 heavy (non-hydrogen) atoms. The molecule has 1 aliphatic rings. The number of rotatable bonds is 2. The second kappa shape index (κ2) is 5.25. The van der Waals surface area contributed by atoms with Gasteiger partial charge in [-0.1, -0.05) is 0 Å². The van der Waals surface area contributed by atoms with Gasteiger partial charge in [0.25, 0.3) is 0 Å². The van der Waals surface area contributed by atoms with Crippen molar-refractivity contribution in [1.29, 1.82) is 0 Å². The van der Waals surface area contributed by atoms with Crippen molar-refractivity contribution in [1.82, 2.24) is 9.36 Å². The van der Waals surface area contributed by atoms with Crippen LogP contribution in [-0.4, -0.2) is 22.4 Å². The standard InChI is InChI=1S/C14H16N2O2S/c1-18-14(17)10-4-2-9(3-5-10)13-11-6-7-15-8-12(11)19-16-13/h6-10H,2-5H2,1H3. The van der Waals surface area contributed by atoms with Crippen molar-refractivity contribution < 1.29 is 9.53 Å². The van der Waals surface area contributed by atoms with E-state index in [1.165, 1.54) is 29.7 Å². The van der Waals surface area contributed by atoms with Crippen molar-refractivity contribution >= 4 is 27.6 Å². The summed E-state index contributed by atoms with van der Waals surface area (Å²) >= 11 is 1.52. The lowest BCUT2D eigenvalue weighted by Gasteiger charge is -2.25. The number of carbonyl (C=O) groups is 1. The number of aromatic nitrogens is 2. The minimum atomic E-state index is -0.0641. The number of hydrogen-bond donors (Lipinski definition) is 0. The summed E-state index contributed by atoms with van der Waals surface area (Å²) in [5.41, 5.74) is 1.19. The Bertz CT molecular complexity index is 588. The third-order valence-electron chi connectivity index (χ3n) is 3.95. The fraction of sp³-hybridized carbons (Fsp3) is 0.500. The van der Waals surface area contributed by atoms with Crippen LogP contribution in [0.15, 0.2) is 18.5 Å². The van der Waals surface area contributed by atoms with Gasteiger partial charge in [0.1, 0.15) is 0 Å². The Hall–Kier alpha value is -1.49. The second-order valence-electron chi connectivity index (χ2n) is 5.01. The highest BCUT2D eigenvalue weighted by Crippen LogP contribution is 2.39. The van der Waals surface area contributed by atoms with Gasteiger partial charge in [0.2, 0.25) is 0 Å². The van der Waals surface area contributed by atoms with E-state index in [1.54, 1.807) is 0 Å². The van der Waals surface area contributed by atoms with E-state index < -0.39 is 0 Å². The third-order valence-corrected chi connectivity index (χ3v) is 4.76. The highest BCUT2D eigenvalue weighted by molar-refractivity contribution is 7.13. The molecule has 2 aromatic heterocycles. The molecular formula is C14H16N2O2S. The summed E-state index contributed by atoms with van der Waals surface area (Å²) in [6.45, 7) is 0. The molecule has 2 aromatic rings. The zero-order valence-corrected chi connectivity index (χ0v) is 11.7. The maximum Gasteiger partial charge on any atom is 0.308 e. The number of carbonyl (C=O) groups excluding carboxylic acids is 1. The van der Waals surface area contributed by atoms with Crippen LogP contribution in [0.25, 0.3) is 10.1 Å². The topological polar surface area (TPSA) is 52.1 Å². The molecular weight excluding hydrogens is 260 g/mol. The van der Waals surface area contributed by atoms with E-state index in [1.807, 2.05) is 18.5 Å². The first kappa shape index (κ1) is 12.5. The van der Waals surface area contributed by atoms with Crippen LogP contribution in [0.1, 0.15) is 37.3 Å². The molecule has 0 amide bonds. The van der Waals surface area contributed by atoms with Gasteiger partial charge < -0.3 is 4.74 Å². The van der Waals surface area contributed by atoms with Gasteiger partial charge in [-0.2, -0.15) is 4.37 Å². The van der Waals surface area contributed by atoms with Crippen LogP contribution in [0.2, 0.25) is 0 Å². The van der Waals surface area contributed by atoms with Gasteiger partial charge in [-0.25, -0.2) is 0 Å². The van der Waals surface area contributed by atoms with E-state index in [2.05, 4.69) is 9.36 Å². The zero-order valence-electron chi connectivity index (χ0n) is 10.8. The molecule has 0 atom stereocenters. The first-order valence-corrected chi connectivity index (χ1v) is 7.34. The predicted octanol–water partition coefficient (Wildman–Crippen LogP) is 3.14. The smallest absolute Gasteiger partial charge is 0.308 e. The van der Waals surface area contributed by atoms with Crippen LogP contribution in [-0.2, 0) is 9.53 Å². The van der Waals surface area contributed by atoms with E-state index in [0.717, 1.165) is 30.4 Å². The van der Waals surface area contributed by atoms with E-state index in [-0.39, 0.29) is 11.9 Å². The molecule has 3 rings (SSSR count). The Kier molecular flexibility index (Phi) is 3.46. The van der Waals surface area contributed by atoms with E-state index in [0.29, 0.717) is 5.92 Å². The van der Waals surface area contributed by atoms with Crippen molar-refractivity contribution in [3.63, 3.8) is 0 Å². The average molecular weight is 276 g/mol. The minimum absolute atomic E-state index is 0.0641. The molecule has 0 spiro atoms. The molecule has 1 saturated carbocycles. The number of methoxy groups -OCH3 is 1. The number of nitrogens with zero attached hydrogens (tertiary/aromatic N) is 2. The second-order valence-corrected chi connectivity index (χ2v) is 5.82. The van der Waals surface area contributed by atoms with Gasteiger partial charge in [-0.15, -0.1) is 0 Å². The Balaban J connectivity index is 1.77. The van der Waals surface area contributed by atoms with Crippen LogP contribution in [0, 0.1) is 5.92 Å². The molecule has 100 valence electrons. The molecule has 0 saturated heterocycles. The number of esters is 1. The van der Waals surface area contributed by atoms with Crippen molar-refractivity contribution in [2.45, 2.75) is 31.6 Å². The van der Waals surface area contributed by atoms with Crippen LogP contribution in [0.5, 0.6) is 0 Å². The third kappa shape index (κ3) is 2.34. The van der Waals surface area contributed by atoms with Crippen molar-refractivity contribution in [2.24, 2.45) is 5.92 Å². The number of hydrogen-bond acceptors (Lipinski definition) is 5. The molecule has 0 radical (unpaired) electrons. The van der Waals surface area contributed by atoms with Crippen LogP contribution in [0.4, 0.5) is 0 Å². The van der Waals surface area contributed by atoms with Crippen molar-refractivity contribution in [3.8, 4) is 0 Å².